The van der Waals surface area contributed by atoms with Gasteiger partial charge in [-0.25, -0.2) is 0 Å². The molecule has 1 unspecified atom stereocenters. The minimum absolute atomic E-state index is 0.189. The summed E-state index contributed by atoms with van der Waals surface area (Å²) >= 11 is 0. The lowest BCUT2D eigenvalue weighted by atomic mass is 10.0. The Hall–Kier alpha value is -1.35. The average Bonchev–Trinajstić information content (AvgIpc) is 3.08. The fourth-order valence-electron chi connectivity index (χ4n) is 2.73. The molecule has 1 aromatic rings. The van der Waals surface area contributed by atoms with Gasteiger partial charge in [-0.1, -0.05) is 12.1 Å². The molecule has 1 aliphatic carbocycles. The molecule has 1 fully saturated rings. The Labute approximate surface area is 108 Å². The van der Waals surface area contributed by atoms with Crippen molar-refractivity contribution in [2.45, 2.75) is 38.6 Å². The van der Waals surface area contributed by atoms with Crippen molar-refractivity contribution in [1.29, 1.82) is 0 Å². The number of benzene rings is 1. The summed E-state index contributed by atoms with van der Waals surface area (Å²) in [6.07, 6.45) is 4.05. The van der Waals surface area contributed by atoms with E-state index in [1.807, 2.05) is 11.8 Å². The van der Waals surface area contributed by atoms with Crippen LogP contribution in [0.1, 0.15) is 30.9 Å². The lowest BCUT2D eigenvalue weighted by Gasteiger charge is -2.17. The second-order valence-corrected chi connectivity index (χ2v) is 5.66. The van der Waals surface area contributed by atoms with Crippen LogP contribution in [0.2, 0.25) is 0 Å². The highest BCUT2D eigenvalue weighted by Crippen LogP contribution is 2.36. The monoisotopic (exact) mass is 244 g/mol. The molecule has 18 heavy (non-hydrogen) atoms. The van der Waals surface area contributed by atoms with E-state index in [2.05, 4.69) is 18.2 Å². The summed E-state index contributed by atoms with van der Waals surface area (Å²) in [5.74, 6) is 0.633. The van der Waals surface area contributed by atoms with E-state index in [4.69, 9.17) is 5.73 Å². The molecule has 1 amide bonds. The maximum Gasteiger partial charge on any atom is 0.230 e. The van der Waals surface area contributed by atoms with Gasteiger partial charge in [0.05, 0.1) is 0 Å². The molecule has 0 radical (unpaired) electrons. The van der Waals surface area contributed by atoms with Gasteiger partial charge < -0.3 is 10.6 Å². The zero-order valence-electron chi connectivity index (χ0n) is 10.9. The summed E-state index contributed by atoms with van der Waals surface area (Å²) < 4.78 is 0. The van der Waals surface area contributed by atoms with Crippen molar-refractivity contribution in [2.75, 3.05) is 11.4 Å². The quantitative estimate of drug-likeness (QED) is 0.882. The summed E-state index contributed by atoms with van der Waals surface area (Å²) in [6.45, 7) is 2.88. The second-order valence-electron chi connectivity index (χ2n) is 5.66. The molecule has 0 saturated heterocycles. The van der Waals surface area contributed by atoms with Gasteiger partial charge in [0.25, 0.3) is 0 Å². The summed E-state index contributed by atoms with van der Waals surface area (Å²) in [5.41, 5.74) is 9.54. The van der Waals surface area contributed by atoms with Gasteiger partial charge in [-0.15, -0.1) is 0 Å². The molecular weight excluding hydrogens is 224 g/mol. The number of hydrogen-bond donors (Lipinski definition) is 1. The van der Waals surface area contributed by atoms with Gasteiger partial charge in [0, 0.05) is 24.2 Å². The Balaban J connectivity index is 1.82. The van der Waals surface area contributed by atoms with Gasteiger partial charge in [0.1, 0.15) is 0 Å². The van der Waals surface area contributed by atoms with E-state index >= 15 is 0 Å². The molecule has 1 aliphatic heterocycles. The predicted molar refractivity (Wildman–Crippen MR) is 72.6 cm³/mol. The highest BCUT2D eigenvalue weighted by molar-refractivity contribution is 5.98. The summed E-state index contributed by atoms with van der Waals surface area (Å²) in [4.78, 5) is 14.1. The molecule has 2 N–H and O–H groups in total. The molecular formula is C15H20N2O. The highest BCUT2D eigenvalue weighted by Gasteiger charge is 2.36. The van der Waals surface area contributed by atoms with Crippen molar-refractivity contribution in [2.24, 2.45) is 11.7 Å². The molecule has 3 heteroatoms. The standard InChI is InChI=1S/C15H20N2O/c1-10(16)8-11-2-5-14-13(9-11)6-7-17(14)15(18)12-3-4-12/h2,5,9-10,12H,3-4,6-8,16H2,1H3. The van der Waals surface area contributed by atoms with Crippen molar-refractivity contribution in [3.63, 3.8) is 0 Å². The van der Waals surface area contributed by atoms with Gasteiger partial charge in [-0.2, -0.15) is 0 Å². The molecule has 1 heterocycles. The Morgan fingerprint density at radius 1 is 1.50 bits per heavy atom. The van der Waals surface area contributed by atoms with Crippen molar-refractivity contribution in [3.8, 4) is 0 Å². The fraction of sp³-hybridized carbons (Fsp3) is 0.533. The Bertz CT molecular complexity index is 477. The first kappa shape index (κ1) is 11.7. The lowest BCUT2D eigenvalue weighted by Crippen LogP contribution is -2.30. The summed E-state index contributed by atoms with van der Waals surface area (Å²) in [5, 5.41) is 0. The largest absolute Gasteiger partial charge is 0.328 e. The first-order chi connectivity index (χ1) is 8.65. The van der Waals surface area contributed by atoms with Crippen molar-refractivity contribution in [1.82, 2.24) is 0 Å². The lowest BCUT2D eigenvalue weighted by molar-refractivity contribution is -0.119. The zero-order valence-corrected chi connectivity index (χ0v) is 10.9. The Kier molecular flexibility index (Phi) is 2.86. The highest BCUT2D eigenvalue weighted by atomic mass is 16.2. The summed E-state index contributed by atoms with van der Waals surface area (Å²) in [7, 11) is 0. The zero-order chi connectivity index (χ0) is 12.7. The van der Waals surface area contributed by atoms with Crippen LogP contribution >= 0.6 is 0 Å². The summed E-state index contributed by atoms with van der Waals surface area (Å²) in [6, 6.07) is 6.62. The maximum atomic E-state index is 12.1. The van der Waals surface area contributed by atoms with E-state index in [0.717, 1.165) is 37.9 Å². The molecule has 0 aromatic heterocycles. The average molecular weight is 244 g/mol. The topological polar surface area (TPSA) is 46.3 Å². The van der Waals surface area contributed by atoms with Gasteiger partial charge in [-0.3, -0.25) is 4.79 Å². The Morgan fingerprint density at radius 2 is 2.28 bits per heavy atom. The van der Waals surface area contributed by atoms with Gasteiger partial charge in [0.2, 0.25) is 5.91 Å². The van der Waals surface area contributed by atoms with Gasteiger partial charge in [0.15, 0.2) is 0 Å². The first-order valence-electron chi connectivity index (χ1n) is 6.84. The maximum absolute atomic E-state index is 12.1. The number of amides is 1. The van der Waals surface area contributed by atoms with E-state index in [9.17, 15) is 4.79 Å². The second kappa shape index (κ2) is 4.39. The van der Waals surface area contributed by atoms with Crippen molar-refractivity contribution < 1.29 is 4.79 Å². The van der Waals surface area contributed by atoms with Crippen LogP contribution in [0.3, 0.4) is 0 Å². The SMILES string of the molecule is CC(N)Cc1ccc2c(c1)CCN2C(=O)C1CC1. The molecule has 1 atom stereocenters. The van der Waals surface area contributed by atoms with Crippen LogP contribution in [0, 0.1) is 5.92 Å². The van der Waals surface area contributed by atoms with Crippen molar-refractivity contribution in [3.05, 3.63) is 29.3 Å². The number of nitrogens with two attached hydrogens (primary N) is 1. The van der Waals surface area contributed by atoms with E-state index in [1.54, 1.807) is 0 Å². The normalized spacial score (nSPS) is 19.8. The molecule has 2 aliphatic rings. The minimum atomic E-state index is 0.189. The molecule has 3 rings (SSSR count). The van der Waals surface area contributed by atoms with Crippen LogP contribution < -0.4 is 10.6 Å². The third-order valence-electron chi connectivity index (χ3n) is 3.79. The third-order valence-corrected chi connectivity index (χ3v) is 3.79. The van der Waals surface area contributed by atoms with Crippen LogP contribution in [0.25, 0.3) is 0 Å². The smallest absolute Gasteiger partial charge is 0.230 e. The number of carbonyl (C=O) groups is 1. The van der Waals surface area contributed by atoms with Gasteiger partial charge >= 0.3 is 0 Å². The number of anilines is 1. The van der Waals surface area contributed by atoms with Crippen LogP contribution in [-0.4, -0.2) is 18.5 Å². The minimum Gasteiger partial charge on any atom is -0.328 e. The van der Waals surface area contributed by atoms with E-state index in [0.29, 0.717) is 11.8 Å². The van der Waals surface area contributed by atoms with E-state index in [1.165, 1.54) is 11.1 Å². The van der Waals surface area contributed by atoms with Crippen LogP contribution in [0.15, 0.2) is 18.2 Å². The van der Waals surface area contributed by atoms with Crippen molar-refractivity contribution >= 4 is 11.6 Å². The molecule has 1 aromatic carbocycles. The predicted octanol–water partition coefficient (Wildman–Crippen LogP) is 1.88. The van der Waals surface area contributed by atoms with Crippen LogP contribution in [0.5, 0.6) is 0 Å². The first-order valence-corrected chi connectivity index (χ1v) is 6.84. The number of fused-ring (bicyclic) bond motifs is 1. The Morgan fingerprint density at radius 3 is 2.94 bits per heavy atom. The number of rotatable bonds is 3. The molecule has 96 valence electrons. The number of nitrogens with zero attached hydrogens (tertiary/aromatic N) is 1. The third kappa shape index (κ3) is 2.15. The van der Waals surface area contributed by atoms with Crippen LogP contribution in [-0.2, 0) is 17.6 Å². The molecule has 0 spiro atoms. The van der Waals surface area contributed by atoms with E-state index in [-0.39, 0.29) is 6.04 Å². The number of hydrogen-bond acceptors (Lipinski definition) is 2. The molecule has 1 saturated carbocycles. The number of carbonyl (C=O) groups excluding carboxylic acids is 1. The van der Waals surface area contributed by atoms with Gasteiger partial charge in [-0.05, 0) is 49.8 Å². The fourth-order valence-corrected chi connectivity index (χ4v) is 2.73. The molecule has 3 nitrogen and oxygen atoms in total. The van der Waals surface area contributed by atoms with E-state index < -0.39 is 0 Å². The van der Waals surface area contributed by atoms with Crippen LogP contribution in [0.4, 0.5) is 5.69 Å². The molecule has 0 bridgehead atoms.